The summed E-state index contributed by atoms with van der Waals surface area (Å²) in [7, 11) is 0. The summed E-state index contributed by atoms with van der Waals surface area (Å²) in [5.41, 5.74) is 0. The molecule has 1 aliphatic heterocycles. The van der Waals surface area contributed by atoms with Crippen molar-refractivity contribution >= 4 is 0 Å². The van der Waals surface area contributed by atoms with Crippen LogP contribution in [0.1, 0.15) is 31.9 Å². The molecule has 0 unspecified atom stereocenters. The van der Waals surface area contributed by atoms with E-state index in [0.717, 1.165) is 19.4 Å². The second-order valence-electron chi connectivity index (χ2n) is 3.89. The fraction of sp³-hybridized carbons (Fsp3) is 0.778. The third-order valence-electron chi connectivity index (χ3n) is 2.28. The van der Waals surface area contributed by atoms with Gasteiger partial charge in [-0.1, -0.05) is 13.8 Å². The zero-order valence-corrected chi connectivity index (χ0v) is 7.75. The molecule has 0 aliphatic carbocycles. The molecule has 0 spiro atoms. The zero-order chi connectivity index (χ0) is 8.55. The molecule has 0 amide bonds. The van der Waals surface area contributed by atoms with Crippen LogP contribution in [0, 0.1) is 5.92 Å². The first-order valence-corrected chi connectivity index (χ1v) is 4.68. The van der Waals surface area contributed by atoms with Gasteiger partial charge in [0.1, 0.15) is 11.6 Å². The Hall–Kier alpha value is -0.860. The van der Waals surface area contributed by atoms with Crippen LogP contribution in [0.15, 0.2) is 0 Å². The number of hydrogen-bond acceptors (Lipinski definition) is 2. The van der Waals surface area contributed by atoms with E-state index >= 15 is 0 Å². The van der Waals surface area contributed by atoms with E-state index in [2.05, 4.69) is 28.6 Å². The third-order valence-corrected chi connectivity index (χ3v) is 2.28. The van der Waals surface area contributed by atoms with Crippen molar-refractivity contribution in [3.63, 3.8) is 0 Å². The predicted octanol–water partition coefficient (Wildman–Crippen LogP) is 1.42. The van der Waals surface area contributed by atoms with Crippen LogP contribution in [0.4, 0.5) is 0 Å². The van der Waals surface area contributed by atoms with Gasteiger partial charge in [0.05, 0.1) is 0 Å². The van der Waals surface area contributed by atoms with Gasteiger partial charge in [-0.3, -0.25) is 0 Å². The number of fused-ring (bicyclic) bond motifs is 1. The topological polar surface area (TPSA) is 30.7 Å². The van der Waals surface area contributed by atoms with E-state index in [0.29, 0.717) is 5.92 Å². The van der Waals surface area contributed by atoms with Crippen LogP contribution in [0.5, 0.6) is 0 Å². The molecule has 1 aromatic heterocycles. The molecule has 0 fully saturated rings. The lowest BCUT2D eigenvalue weighted by atomic mass is 10.1. The van der Waals surface area contributed by atoms with Crippen molar-refractivity contribution in [2.24, 2.45) is 5.92 Å². The molecule has 12 heavy (non-hydrogen) atoms. The highest BCUT2D eigenvalue weighted by Gasteiger charge is 2.17. The average Bonchev–Trinajstić information content (AvgIpc) is 2.52. The number of nitrogens with zero attached hydrogens (tertiary/aromatic N) is 3. The van der Waals surface area contributed by atoms with Crippen LogP contribution in [0.3, 0.4) is 0 Å². The predicted molar refractivity (Wildman–Crippen MR) is 46.9 cm³/mol. The molecule has 2 rings (SSSR count). The Balaban J connectivity index is 2.22. The lowest BCUT2D eigenvalue weighted by Gasteiger charge is -2.04. The normalized spacial score (nSPS) is 15.6. The van der Waals surface area contributed by atoms with Gasteiger partial charge >= 0.3 is 0 Å². The smallest absolute Gasteiger partial charge is 0.133 e. The Morgan fingerprint density at radius 3 is 3.00 bits per heavy atom. The summed E-state index contributed by atoms with van der Waals surface area (Å²) >= 11 is 0. The summed E-state index contributed by atoms with van der Waals surface area (Å²) in [6.45, 7) is 5.57. The third kappa shape index (κ3) is 1.24. The molecule has 1 aromatic rings. The zero-order valence-electron chi connectivity index (χ0n) is 7.75. The Morgan fingerprint density at radius 2 is 2.25 bits per heavy atom. The molecular formula is C9H15N3. The molecule has 3 heteroatoms. The van der Waals surface area contributed by atoms with E-state index in [1.54, 1.807) is 0 Å². The maximum absolute atomic E-state index is 4.19. The molecule has 66 valence electrons. The monoisotopic (exact) mass is 165 g/mol. The first-order valence-electron chi connectivity index (χ1n) is 4.68. The van der Waals surface area contributed by atoms with Crippen molar-refractivity contribution in [1.82, 2.24) is 14.8 Å². The van der Waals surface area contributed by atoms with Crippen LogP contribution in [0.25, 0.3) is 0 Å². The van der Waals surface area contributed by atoms with Gasteiger partial charge < -0.3 is 4.57 Å². The maximum atomic E-state index is 4.19. The minimum absolute atomic E-state index is 0.680. The second-order valence-corrected chi connectivity index (χ2v) is 3.89. The SMILES string of the molecule is CC(C)Cc1nnc2n1CCC2. The van der Waals surface area contributed by atoms with E-state index in [-0.39, 0.29) is 0 Å². The Bertz CT molecular complexity index is 275. The van der Waals surface area contributed by atoms with E-state index in [1.807, 2.05) is 0 Å². The van der Waals surface area contributed by atoms with Crippen LogP contribution in [-0.4, -0.2) is 14.8 Å². The number of rotatable bonds is 2. The molecule has 1 aliphatic rings. The highest BCUT2D eigenvalue weighted by molar-refractivity contribution is 5.00. The molecule has 0 bridgehead atoms. The van der Waals surface area contributed by atoms with Gasteiger partial charge in [0.15, 0.2) is 0 Å². The van der Waals surface area contributed by atoms with Gasteiger partial charge in [-0.2, -0.15) is 0 Å². The molecule has 0 atom stereocenters. The first kappa shape index (κ1) is 7.77. The summed E-state index contributed by atoms with van der Waals surface area (Å²) in [5, 5.41) is 8.35. The van der Waals surface area contributed by atoms with Crippen LogP contribution in [-0.2, 0) is 19.4 Å². The second kappa shape index (κ2) is 2.88. The lowest BCUT2D eigenvalue weighted by Crippen LogP contribution is -2.04. The molecule has 2 heterocycles. The molecular weight excluding hydrogens is 150 g/mol. The lowest BCUT2D eigenvalue weighted by molar-refractivity contribution is 0.581. The van der Waals surface area contributed by atoms with Crippen molar-refractivity contribution in [3.05, 3.63) is 11.6 Å². The van der Waals surface area contributed by atoms with Gasteiger partial charge in [-0.05, 0) is 12.3 Å². The Morgan fingerprint density at radius 1 is 1.42 bits per heavy atom. The van der Waals surface area contributed by atoms with Crippen molar-refractivity contribution in [2.45, 2.75) is 39.7 Å². The van der Waals surface area contributed by atoms with Crippen LogP contribution in [0.2, 0.25) is 0 Å². The summed E-state index contributed by atoms with van der Waals surface area (Å²) in [6, 6.07) is 0. The quantitative estimate of drug-likeness (QED) is 0.663. The number of hydrogen-bond donors (Lipinski definition) is 0. The number of aryl methyl sites for hydroxylation is 1. The van der Waals surface area contributed by atoms with Gasteiger partial charge in [0.2, 0.25) is 0 Å². The summed E-state index contributed by atoms with van der Waals surface area (Å²) in [6.07, 6.45) is 3.42. The van der Waals surface area contributed by atoms with Crippen LogP contribution < -0.4 is 0 Å². The molecule has 0 aromatic carbocycles. The van der Waals surface area contributed by atoms with Crippen molar-refractivity contribution in [1.29, 1.82) is 0 Å². The van der Waals surface area contributed by atoms with Gasteiger partial charge in [0.25, 0.3) is 0 Å². The molecule has 0 saturated carbocycles. The van der Waals surface area contributed by atoms with Crippen LogP contribution >= 0.6 is 0 Å². The van der Waals surface area contributed by atoms with E-state index < -0.39 is 0 Å². The molecule has 0 radical (unpaired) electrons. The minimum Gasteiger partial charge on any atom is -0.315 e. The van der Waals surface area contributed by atoms with Crippen molar-refractivity contribution < 1.29 is 0 Å². The molecule has 0 saturated heterocycles. The highest BCUT2D eigenvalue weighted by atomic mass is 15.3. The largest absolute Gasteiger partial charge is 0.315 e. The van der Waals surface area contributed by atoms with Gasteiger partial charge in [-0.25, -0.2) is 0 Å². The van der Waals surface area contributed by atoms with E-state index in [4.69, 9.17) is 0 Å². The van der Waals surface area contributed by atoms with Gasteiger partial charge in [0, 0.05) is 19.4 Å². The van der Waals surface area contributed by atoms with Gasteiger partial charge in [-0.15, -0.1) is 10.2 Å². The standard InChI is InChI=1S/C9H15N3/c1-7(2)6-9-11-10-8-4-3-5-12(8)9/h7H,3-6H2,1-2H3. The fourth-order valence-corrected chi connectivity index (χ4v) is 1.73. The van der Waals surface area contributed by atoms with E-state index in [9.17, 15) is 0 Å². The number of aromatic nitrogens is 3. The Kier molecular flexibility index (Phi) is 1.87. The summed E-state index contributed by atoms with van der Waals surface area (Å²) in [4.78, 5) is 0. The maximum Gasteiger partial charge on any atom is 0.133 e. The van der Waals surface area contributed by atoms with E-state index in [1.165, 1.54) is 18.1 Å². The summed E-state index contributed by atoms with van der Waals surface area (Å²) < 4.78 is 2.28. The highest BCUT2D eigenvalue weighted by Crippen LogP contribution is 2.15. The van der Waals surface area contributed by atoms with Crippen molar-refractivity contribution in [3.8, 4) is 0 Å². The summed E-state index contributed by atoms with van der Waals surface area (Å²) in [5.74, 6) is 3.04. The first-order chi connectivity index (χ1) is 5.77. The Labute approximate surface area is 72.8 Å². The fourth-order valence-electron chi connectivity index (χ4n) is 1.73. The average molecular weight is 165 g/mol. The minimum atomic E-state index is 0.680. The van der Waals surface area contributed by atoms with Crippen molar-refractivity contribution in [2.75, 3.05) is 0 Å². The molecule has 3 nitrogen and oxygen atoms in total. The molecule has 0 N–H and O–H groups in total.